The maximum absolute atomic E-state index is 13.0. The highest BCUT2D eigenvalue weighted by atomic mass is 16.5. The zero-order valence-electron chi connectivity index (χ0n) is 20.6. The van der Waals surface area contributed by atoms with Gasteiger partial charge in [0, 0.05) is 29.1 Å². The number of benzene rings is 3. The molecule has 0 aliphatic heterocycles. The summed E-state index contributed by atoms with van der Waals surface area (Å²) in [5.74, 6) is 0.752. The molecule has 190 valence electrons. The number of hydrogen-bond acceptors (Lipinski definition) is 7. The number of ether oxygens (including phenoxy) is 3. The van der Waals surface area contributed by atoms with E-state index in [0.717, 1.165) is 5.56 Å². The SMILES string of the molecule is COc1cc(NC(=O)c2cccc(-n3cc(NC(=O)Cc4cccc(N)c4)cn3)c2)cc(OC)c1OC. The van der Waals surface area contributed by atoms with E-state index in [4.69, 9.17) is 19.9 Å². The lowest BCUT2D eigenvalue weighted by atomic mass is 10.1. The standard InChI is InChI=1S/C27H27N5O5/c1-35-23-13-20(14-24(36-2)26(23)37-3)31-27(34)18-7-5-9-22(12-18)32-16-21(15-29-32)30-25(33)11-17-6-4-8-19(28)10-17/h4-10,12-16H,11,28H2,1-3H3,(H,30,33)(H,31,34). The van der Waals surface area contributed by atoms with Gasteiger partial charge in [-0.2, -0.15) is 5.10 Å². The van der Waals surface area contributed by atoms with Crippen molar-refractivity contribution in [3.63, 3.8) is 0 Å². The maximum atomic E-state index is 13.0. The fourth-order valence-electron chi connectivity index (χ4n) is 3.77. The molecule has 0 bridgehead atoms. The van der Waals surface area contributed by atoms with Gasteiger partial charge in [-0.3, -0.25) is 9.59 Å². The molecule has 0 radical (unpaired) electrons. The molecule has 0 atom stereocenters. The van der Waals surface area contributed by atoms with Crippen LogP contribution in [0.1, 0.15) is 15.9 Å². The quantitative estimate of drug-likeness (QED) is 0.297. The van der Waals surface area contributed by atoms with E-state index in [1.807, 2.05) is 12.1 Å². The van der Waals surface area contributed by atoms with Crippen LogP contribution in [0.5, 0.6) is 17.2 Å². The van der Waals surface area contributed by atoms with Gasteiger partial charge in [0.05, 0.1) is 51.5 Å². The average Bonchev–Trinajstić information content (AvgIpc) is 3.36. The van der Waals surface area contributed by atoms with Crippen molar-refractivity contribution >= 4 is 28.9 Å². The Kier molecular flexibility index (Phi) is 7.58. The van der Waals surface area contributed by atoms with Gasteiger partial charge in [-0.25, -0.2) is 4.68 Å². The lowest BCUT2D eigenvalue weighted by molar-refractivity contribution is -0.115. The van der Waals surface area contributed by atoms with Crippen LogP contribution in [-0.4, -0.2) is 42.9 Å². The summed E-state index contributed by atoms with van der Waals surface area (Å²) in [6, 6.07) is 17.4. The van der Waals surface area contributed by atoms with Crippen molar-refractivity contribution in [2.24, 2.45) is 0 Å². The van der Waals surface area contributed by atoms with Crippen molar-refractivity contribution in [3.8, 4) is 22.9 Å². The second-order valence-corrected chi connectivity index (χ2v) is 8.06. The van der Waals surface area contributed by atoms with Crippen LogP contribution in [0, 0.1) is 0 Å². The van der Waals surface area contributed by atoms with Crippen molar-refractivity contribution in [2.75, 3.05) is 37.7 Å². The predicted octanol–water partition coefficient (Wildman–Crippen LogP) is 3.91. The van der Waals surface area contributed by atoms with Crippen LogP contribution in [0.2, 0.25) is 0 Å². The van der Waals surface area contributed by atoms with E-state index in [1.54, 1.807) is 65.6 Å². The Morgan fingerprint density at radius 3 is 2.30 bits per heavy atom. The Labute approximate surface area is 214 Å². The number of carbonyl (C=O) groups is 2. The number of methoxy groups -OCH3 is 3. The van der Waals surface area contributed by atoms with E-state index in [9.17, 15) is 9.59 Å². The van der Waals surface area contributed by atoms with Crippen LogP contribution in [0.25, 0.3) is 5.69 Å². The summed E-state index contributed by atoms with van der Waals surface area (Å²) in [6.07, 6.45) is 3.40. The molecule has 3 aromatic carbocycles. The molecule has 4 N–H and O–H groups in total. The summed E-state index contributed by atoms with van der Waals surface area (Å²) in [7, 11) is 4.52. The van der Waals surface area contributed by atoms with Crippen LogP contribution in [0.4, 0.5) is 17.1 Å². The minimum absolute atomic E-state index is 0.187. The fraction of sp³-hybridized carbons (Fsp3) is 0.148. The third-order valence-corrected chi connectivity index (χ3v) is 5.48. The van der Waals surface area contributed by atoms with Gasteiger partial charge in [-0.15, -0.1) is 0 Å². The molecule has 0 unspecified atom stereocenters. The fourth-order valence-corrected chi connectivity index (χ4v) is 3.77. The number of rotatable bonds is 9. The van der Waals surface area contributed by atoms with Crippen LogP contribution in [-0.2, 0) is 11.2 Å². The van der Waals surface area contributed by atoms with E-state index in [2.05, 4.69) is 15.7 Å². The molecule has 0 saturated heterocycles. The van der Waals surface area contributed by atoms with Gasteiger partial charge in [0.2, 0.25) is 11.7 Å². The minimum Gasteiger partial charge on any atom is -0.493 e. The first-order chi connectivity index (χ1) is 17.9. The molecule has 0 aliphatic rings. The summed E-state index contributed by atoms with van der Waals surface area (Å²) < 4.78 is 17.6. The van der Waals surface area contributed by atoms with Crippen molar-refractivity contribution in [3.05, 3.63) is 84.2 Å². The summed E-state index contributed by atoms with van der Waals surface area (Å²) >= 11 is 0. The van der Waals surface area contributed by atoms with Crippen molar-refractivity contribution in [1.29, 1.82) is 0 Å². The Hall–Kier alpha value is -4.99. The zero-order valence-corrected chi connectivity index (χ0v) is 20.6. The monoisotopic (exact) mass is 501 g/mol. The second kappa shape index (κ2) is 11.2. The van der Waals surface area contributed by atoms with E-state index < -0.39 is 0 Å². The van der Waals surface area contributed by atoms with E-state index >= 15 is 0 Å². The molecular formula is C27H27N5O5. The number of aromatic nitrogens is 2. The summed E-state index contributed by atoms with van der Waals surface area (Å²) in [5.41, 5.74) is 9.27. The summed E-state index contributed by atoms with van der Waals surface area (Å²) in [5, 5.41) is 9.98. The highest BCUT2D eigenvalue weighted by molar-refractivity contribution is 6.05. The number of nitrogens with one attached hydrogen (secondary N) is 2. The molecular weight excluding hydrogens is 474 g/mol. The van der Waals surface area contributed by atoms with Gasteiger partial charge in [0.25, 0.3) is 5.91 Å². The average molecular weight is 502 g/mol. The molecule has 0 spiro atoms. The van der Waals surface area contributed by atoms with Crippen molar-refractivity contribution in [1.82, 2.24) is 9.78 Å². The Morgan fingerprint density at radius 1 is 0.892 bits per heavy atom. The number of nitrogen functional groups attached to an aromatic ring is 1. The highest BCUT2D eigenvalue weighted by Crippen LogP contribution is 2.40. The molecule has 1 heterocycles. The van der Waals surface area contributed by atoms with Gasteiger partial charge in [-0.1, -0.05) is 18.2 Å². The van der Waals surface area contributed by atoms with Crippen molar-refractivity contribution in [2.45, 2.75) is 6.42 Å². The van der Waals surface area contributed by atoms with Gasteiger partial charge < -0.3 is 30.6 Å². The minimum atomic E-state index is -0.334. The third-order valence-electron chi connectivity index (χ3n) is 5.48. The maximum Gasteiger partial charge on any atom is 0.255 e. The van der Waals surface area contributed by atoms with E-state index in [0.29, 0.717) is 45.6 Å². The van der Waals surface area contributed by atoms with Crippen LogP contribution in [0.15, 0.2) is 73.1 Å². The topological polar surface area (TPSA) is 130 Å². The summed E-state index contributed by atoms with van der Waals surface area (Å²) in [6.45, 7) is 0. The molecule has 37 heavy (non-hydrogen) atoms. The molecule has 1 aromatic heterocycles. The highest BCUT2D eigenvalue weighted by Gasteiger charge is 2.16. The molecule has 0 aliphatic carbocycles. The van der Waals surface area contributed by atoms with Crippen LogP contribution in [0.3, 0.4) is 0 Å². The molecule has 0 saturated carbocycles. The summed E-state index contributed by atoms with van der Waals surface area (Å²) in [4.78, 5) is 25.4. The third kappa shape index (κ3) is 5.99. The van der Waals surface area contributed by atoms with E-state index in [-0.39, 0.29) is 18.2 Å². The van der Waals surface area contributed by atoms with Gasteiger partial charge >= 0.3 is 0 Å². The van der Waals surface area contributed by atoms with E-state index in [1.165, 1.54) is 21.3 Å². The zero-order chi connectivity index (χ0) is 26.4. The molecule has 2 amide bonds. The smallest absolute Gasteiger partial charge is 0.255 e. The van der Waals surface area contributed by atoms with Gasteiger partial charge in [0.15, 0.2) is 11.5 Å². The number of nitrogens with zero attached hydrogens (tertiary/aromatic N) is 2. The molecule has 4 rings (SSSR count). The molecule has 0 fully saturated rings. The normalized spacial score (nSPS) is 10.5. The predicted molar refractivity (Wildman–Crippen MR) is 141 cm³/mol. The number of hydrogen-bond donors (Lipinski definition) is 3. The molecule has 10 nitrogen and oxygen atoms in total. The molecule has 4 aromatic rings. The lowest BCUT2D eigenvalue weighted by Crippen LogP contribution is -2.14. The van der Waals surface area contributed by atoms with Crippen LogP contribution < -0.4 is 30.6 Å². The van der Waals surface area contributed by atoms with Gasteiger partial charge in [-0.05, 0) is 35.9 Å². The largest absolute Gasteiger partial charge is 0.493 e. The first kappa shape index (κ1) is 25.1. The lowest BCUT2D eigenvalue weighted by Gasteiger charge is -2.14. The number of nitrogens with two attached hydrogens (primary N) is 1. The van der Waals surface area contributed by atoms with Gasteiger partial charge in [0.1, 0.15) is 0 Å². The number of carbonyl (C=O) groups excluding carboxylic acids is 2. The Bertz CT molecular complexity index is 1410. The number of amides is 2. The second-order valence-electron chi connectivity index (χ2n) is 8.06. The van der Waals surface area contributed by atoms with Crippen LogP contribution >= 0.6 is 0 Å². The first-order valence-electron chi connectivity index (χ1n) is 11.3. The first-order valence-corrected chi connectivity index (χ1v) is 11.3. The van der Waals surface area contributed by atoms with Crippen molar-refractivity contribution < 1.29 is 23.8 Å². The Balaban J connectivity index is 1.46. The Morgan fingerprint density at radius 2 is 1.62 bits per heavy atom. The number of anilines is 3. The molecule has 10 heteroatoms.